The first kappa shape index (κ1) is 116. The van der Waals surface area contributed by atoms with Crippen LogP contribution in [0.2, 0.25) is 0 Å². The molecule has 0 heterocycles. The van der Waals surface area contributed by atoms with Crippen molar-refractivity contribution < 1.29 is 94.6 Å². The number of rotatable bonds is 25. The first-order valence-electron chi connectivity index (χ1n) is 38.0. The maximum atomic E-state index is 12.2. The van der Waals surface area contributed by atoms with Gasteiger partial charge in [-0.1, -0.05) is 211 Å². The molecule has 0 fully saturated rings. The van der Waals surface area contributed by atoms with E-state index in [1.54, 1.807) is 46.8 Å². The first-order valence-corrected chi connectivity index (χ1v) is 38.4. The highest BCUT2D eigenvalue weighted by molar-refractivity contribution is 6.33. The monoisotopic (exact) mass is 1590 g/mol. The highest BCUT2D eigenvalue weighted by atomic mass is 35.5. The van der Waals surface area contributed by atoms with Crippen LogP contribution in [0.25, 0.3) is 10.8 Å². The van der Waals surface area contributed by atoms with Gasteiger partial charge in [0.2, 0.25) is 11.8 Å². The number of halogens is 4. The number of hydrogen-bond acceptors (Lipinski definition) is 17. The summed E-state index contributed by atoms with van der Waals surface area (Å²) < 4.78 is 68.9. The number of esters is 7. The summed E-state index contributed by atoms with van der Waals surface area (Å²) in [7, 11) is 10.4. The number of alkyl halides is 4. The minimum absolute atomic E-state index is 0.0556. The van der Waals surface area contributed by atoms with E-state index in [0.717, 1.165) is 46.1 Å². The van der Waals surface area contributed by atoms with Gasteiger partial charge in [0.25, 0.3) is 0 Å². The summed E-state index contributed by atoms with van der Waals surface area (Å²) in [6.07, 6.45) is 2.00. The number of ether oxygens (including phenoxy) is 7. The van der Waals surface area contributed by atoms with Crippen molar-refractivity contribution in [2.75, 3.05) is 62.8 Å². The SMILES string of the molecule is C=C(C)C(=O)OCC(O)COC(=O)C(C)(C)CC.CCC(C)(C(=O)OC)C(F)(F)F.CCC(C)(C)C(=O)N(C)C.CCC(C)(C)C(=O)NC.CCC(C)(C)C(=O)OC.CCC(C)(C)OC(C)=O.CCC(C)(C)c1cccc2ccccc12.CCC(C)(C)c1ccccc1.CCC(C)(Cl)C(=O)OC.CCC(C)C(=O)OC. The Labute approximate surface area is 668 Å². The van der Waals surface area contributed by atoms with E-state index in [9.17, 15) is 61.4 Å². The summed E-state index contributed by atoms with van der Waals surface area (Å²) in [4.78, 5) is 99.0. The molecule has 4 unspecified atom stereocenters. The summed E-state index contributed by atoms with van der Waals surface area (Å²) in [5, 5.41) is 14.8. The zero-order chi connectivity index (χ0) is 88.4. The molecular weight excluding hydrogens is 1440 g/mol. The van der Waals surface area contributed by atoms with Crippen molar-refractivity contribution in [2.45, 2.75) is 299 Å². The van der Waals surface area contributed by atoms with Crippen LogP contribution in [-0.4, -0.2) is 149 Å². The van der Waals surface area contributed by atoms with E-state index in [0.29, 0.717) is 18.3 Å². The molecule has 110 heavy (non-hydrogen) atoms. The molecule has 0 aliphatic carbocycles. The number of aliphatic hydroxyl groups excluding tert-OH is 1. The van der Waals surface area contributed by atoms with E-state index in [4.69, 9.17) is 25.8 Å². The predicted molar refractivity (Wildman–Crippen MR) is 441 cm³/mol. The van der Waals surface area contributed by atoms with Gasteiger partial charge in [0.05, 0.1) is 45.2 Å². The van der Waals surface area contributed by atoms with Crippen LogP contribution in [0.5, 0.6) is 0 Å². The van der Waals surface area contributed by atoms with Gasteiger partial charge in [-0.15, -0.1) is 11.6 Å². The van der Waals surface area contributed by atoms with Crippen LogP contribution < -0.4 is 5.32 Å². The molecule has 0 aliphatic heterocycles. The minimum Gasteiger partial charge on any atom is -0.469 e. The average molecular weight is 1590 g/mol. The Bertz CT molecular complexity index is 3070. The molecule has 638 valence electrons. The minimum atomic E-state index is -4.55. The lowest BCUT2D eigenvalue weighted by atomic mass is 9.80. The van der Waals surface area contributed by atoms with Crippen LogP contribution in [0.15, 0.2) is 84.9 Å². The lowest BCUT2D eigenvalue weighted by Crippen LogP contribution is -2.42. The average Bonchev–Trinajstić information content (AvgIpc) is 0.801. The number of aliphatic hydroxyl groups is 1. The number of methoxy groups -OCH3 is 4. The molecule has 3 aromatic rings. The lowest BCUT2D eigenvalue weighted by Gasteiger charge is -2.27. The molecular formula is C87H150ClF3N2O17. The van der Waals surface area contributed by atoms with Crippen LogP contribution in [-0.2, 0) is 87.1 Å². The first-order chi connectivity index (χ1) is 50.0. The van der Waals surface area contributed by atoms with Gasteiger partial charge >= 0.3 is 48.0 Å². The van der Waals surface area contributed by atoms with E-state index in [2.05, 4.69) is 145 Å². The highest BCUT2D eigenvalue weighted by Crippen LogP contribution is 2.41. The molecule has 19 nitrogen and oxygen atoms in total. The second kappa shape index (κ2) is 56.2. The van der Waals surface area contributed by atoms with Gasteiger partial charge in [0, 0.05) is 44.5 Å². The number of nitrogens with zero attached hydrogens (tertiary/aromatic N) is 1. The van der Waals surface area contributed by atoms with Crippen molar-refractivity contribution in [3.05, 3.63) is 96.1 Å². The number of nitrogens with one attached hydrogen (secondary N) is 1. The Balaban J connectivity index is -0.000000217. The standard InChI is InChI=1S/C15H18.C13H22O5.C11H16.C8H17NO.C7H11F3O2.C7H15NO.2C7H14O2.C6H11ClO2.C6H12O2/c1-4-15(2,3)14-11-7-9-12-8-5-6-10-13(12)14;1-6-13(4,5)12(16)18-8-10(14)7-17-11(15)9(2)3;1-4-11(2,3)10-8-6-5-7-9-10;1-6-8(2,3)7(10)9(4)5;1-4-6(2,5(11)12-3)7(8,9)10;1-5-7(2,3)6(9)8-4;1-5-7(2,3)6(8)9-4;1-5-7(3,4)9-6(2)8;1-4-6(2,7)5(8)9-3;1-4-5(2)6(7)8-3/h5-11H,4H2,1-3H3;10,14H,2,6-8H2,1,3-5H3;5-9H,4H2,1-3H3;6H2,1-5H3;4H2,1-3H3;5H2,1-4H3,(H,8,9);2*5H2,1-4H3;4H2,1-3H3;5H,4H2,1-3H3. The summed E-state index contributed by atoms with van der Waals surface area (Å²) in [5.74, 6) is -2.65. The number of benzene rings is 3. The van der Waals surface area contributed by atoms with Crippen LogP contribution in [0, 0.1) is 33.0 Å². The van der Waals surface area contributed by atoms with Gasteiger partial charge in [-0.3, -0.25) is 38.4 Å². The van der Waals surface area contributed by atoms with E-state index < -0.39 is 39.9 Å². The fourth-order valence-corrected chi connectivity index (χ4v) is 7.58. The molecule has 0 bridgehead atoms. The third kappa shape index (κ3) is 48.0. The lowest BCUT2D eigenvalue weighted by molar-refractivity contribution is -0.229. The largest absolute Gasteiger partial charge is 0.469 e. The number of carbonyl (C=O) groups excluding carboxylic acids is 9. The molecule has 2 amide bonds. The van der Waals surface area contributed by atoms with Crippen LogP contribution in [0.1, 0.15) is 276 Å². The van der Waals surface area contributed by atoms with Gasteiger partial charge in [-0.05, 0) is 159 Å². The van der Waals surface area contributed by atoms with Crippen LogP contribution >= 0.6 is 11.6 Å². The van der Waals surface area contributed by atoms with E-state index >= 15 is 0 Å². The maximum absolute atomic E-state index is 12.2. The molecule has 0 saturated heterocycles. The number of carbonyl (C=O) groups is 9. The van der Waals surface area contributed by atoms with E-state index in [-0.39, 0.29) is 100 Å². The van der Waals surface area contributed by atoms with Crippen LogP contribution in [0.3, 0.4) is 0 Å². The number of hydrogen-bond donors (Lipinski definition) is 2. The molecule has 3 rings (SSSR count). The van der Waals surface area contributed by atoms with Gasteiger partial charge < -0.3 is 48.5 Å². The topological polar surface area (TPSA) is 254 Å². The zero-order valence-electron chi connectivity index (χ0n) is 74.7. The Morgan fingerprint density at radius 3 is 1.21 bits per heavy atom. The Hall–Kier alpha value is -7.07. The summed E-state index contributed by atoms with van der Waals surface area (Å²) in [5.41, 5.74) is -0.187. The van der Waals surface area contributed by atoms with Crippen molar-refractivity contribution in [2.24, 2.45) is 33.0 Å². The molecule has 4 atom stereocenters. The smallest absolute Gasteiger partial charge is 0.404 e. The van der Waals surface area contributed by atoms with Crippen molar-refractivity contribution in [3.8, 4) is 0 Å². The number of fused-ring (bicyclic) bond motifs is 1. The third-order valence-electron chi connectivity index (χ3n) is 19.4. The van der Waals surface area contributed by atoms with E-state index in [1.165, 1.54) is 76.8 Å². The summed E-state index contributed by atoms with van der Waals surface area (Å²) in [6, 6.07) is 25.9. The van der Waals surface area contributed by atoms with Gasteiger partial charge in [0.15, 0.2) is 5.41 Å². The van der Waals surface area contributed by atoms with Crippen molar-refractivity contribution in [1.82, 2.24) is 10.2 Å². The molecule has 0 saturated carbocycles. The van der Waals surface area contributed by atoms with Gasteiger partial charge in [-0.2, -0.15) is 13.2 Å². The quantitative estimate of drug-likeness (QED) is 0.0346. The van der Waals surface area contributed by atoms with Gasteiger partial charge in [0.1, 0.15) is 29.8 Å². The second-order valence-corrected chi connectivity index (χ2v) is 32.3. The molecule has 0 spiro atoms. The normalized spacial score (nSPS) is 12.7. The van der Waals surface area contributed by atoms with Crippen molar-refractivity contribution in [1.29, 1.82) is 0 Å². The molecule has 0 aromatic heterocycles. The fraction of sp³-hybridized carbons (Fsp3) is 0.690. The maximum Gasteiger partial charge on any atom is 0.404 e. The molecule has 2 N–H and O–H groups in total. The molecule has 3 aromatic carbocycles. The summed E-state index contributed by atoms with van der Waals surface area (Å²) >= 11 is 5.70. The fourth-order valence-electron chi connectivity index (χ4n) is 7.50. The second-order valence-electron chi connectivity index (χ2n) is 31.5. The molecule has 0 aliphatic rings. The van der Waals surface area contributed by atoms with Crippen LogP contribution in [0.4, 0.5) is 13.2 Å². The predicted octanol–water partition coefficient (Wildman–Crippen LogP) is 20.3. The number of amides is 2. The van der Waals surface area contributed by atoms with Gasteiger partial charge in [-0.25, -0.2) is 4.79 Å². The molecule has 0 radical (unpaired) electrons. The van der Waals surface area contributed by atoms with Crippen molar-refractivity contribution in [3.63, 3.8) is 0 Å². The third-order valence-corrected chi connectivity index (χ3v) is 19.8. The molecule has 23 heteroatoms. The van der Waals surface area contributed by atoms with E-state index in [1.807, 2.05) is 111 Å². The Kier molecular flexibility index (Phi) is 59.4. The highest BCUT2D eigenvalue weighted by Gasteiger charge is 2.56. The Morgan fingerprint density at radius 2 is 0.927 bits per heavy atom. The zero-order valence-corrected chi connectivity index (χ0v) is 75.5. The Morgan fingerprint density at radius 1 is 0.509 bits per heavy atom. The van der Waals surface area contributed by atoms with Crippen molar-refractivity contribution >= 4 is 76.0 Å². The summed E-state index contributed by atoms with van der Waals surface area (Å²) in [6.45, 7) is 57.8.